The molecule has 0 bridgehead atoms. The summed E-state index contributed by atoms with van der Waals surface area (Å²) < 4.78 is 0. The molecule has 12 atom stereocenters. The van der Waals surface area contributed by atoms with E-state index in [0.717, 1.165) is 9.80 Å². The van der Waals surface area contributed by atoms with E-state index >= 15 is 0 Å². The maximum Gasteiger partial charge on any atom is 0.326 e. The van der Waals surface area contributed by atoms with Crippen LogP contribution in [0.3, 0.4) is 0 Å². The molecular formula is C63H94N16O20. The van der Waals surface area contributed by atoms with E-state index in [0.29, 0.717) is 17.5 Å². The molecule has 2 heterocycles. The average Bonchev–Trinajstić information content (AvgIpc) is 1.47. The van der Waals surface area contributed by atoms with Gasteiger partial charge in [0.05, 0.1) is 38.7 Å². The molecule has 12 amide bonds. The van der Waals surface area contributed by atoms with Crippen molar-refractivity contribution < 1.29 is 97.8 Å². The van der Waals surface area contributed by atoms with E-state index in [-0.39, 0.29) is 101 Å². The number of carboxylic acid groups (broad SMARTS) is 2. The van der Waals surface area contributed by atoms with E-state index in [9.17, 15) is 92.7 Å². The summed E-state index contributed by atoms with van der Waals surface area (Å²) in [6.45, 7) is 3.73. The number of aromatic hydroxyl groups is 1. The molecule has 4 rings (SSSR count). The van der Waals surface area contributed by atoms with Crippen LogP contribution < -0.4 is 70.8 Å². The number of hydrogen-bond acceptors (Lipinski definition) is 20. The van der Waals surface area contributed by atoms with Crippen LogP contribution >= 0.6 is 0 Å². The maximum atomic E-state index is 14.9. The summed E-state index contributed by atoms with van der Waals surface area (Å²) in [6, 6.07) is -4.74. The zero-order chi connectivity index (χ0) is 73.8. The highest BCUT2D eigenvalue weighted by molar-refractivity contribution is 6.00. The molecule has 546 valence electrons. The largest absolute Gasteiger partial charge is 0.508 e. The van der Waals surface area contributed by atoms with Crippen LogP contribution in [0.1, 0.15) is 103 Å². The van der Waals surface area contributed by atoms with E-state index in [1.807, 2.05) is 5.32 Å². The standard InChI is InChI=1S/C63H94N16O20/c1-32(2)23-39(70-55(91)44(29-80)75-57(93)46(31-82)77-58(94)47-14-9-21-78(47)60(96)37(64)27-49(65)84)52(88)72-40(25-34-11-6-5-7-12-34)53(89)69-38(13-8-20-68-63(66)67)51(87)71-41(26-35-16-18-36(83)19-17-35)54(90)73-42(24-33(3)4)61(97)79-22-10-15-48(79)59(95)76-45(30-81)56(92)74-43(62(98)99)28-50(85)86/h5-7,11-12,16-19,32-33,37-48,80-83H,8-10,13-15,20-31,64H2,1-4H3,(H2,65,84)(H,69,89)(H,70,91)(H,71,87)(H,72,88)(H,73,90)(H,74,92)(H,75,93)(H,76,95)(H,77,94)(H,85,86)(H,98,99)(H4,66,67,68)/t37-,38-,39-,40-,41-,42-,43-,44-,45-,46-,47-,48-/m0/s1. The molecular weight excluding hydrogens is 1300 g/mol. The SMILES string of the molecule is CC(C)C[C@H](NC(=O)[C@H](CO)NC(=O)[C@H](CO)NC(=O)[C@@H]1CCCN1C(=O)[C@@H](N)CC(N)=O)C(=O)N[C@@H](Cc1ccccc1)C(=O)N[C@@H](CCCN=C(N)N)C(=O)N[C@@H](Cc1ccc(O)cc1)C(=O)N[C@@H](CC(C)C)C(=O)N1CCC[C@H]1C(=O)N[C@@H](CO)C(=O)N[C@@H](CC(=O)O)C(=O)O. The van der Waals surface area contributed by atoms with Crippen molar-refractivity contribution in [3.63, 3.8) is 0 Å². The third-order valence-corrected chi connectivity index (χ3v) is 16.0. The molecule has 0 saturated carbocycles. The van der Waals surface area contributed by atoms with Crippen molar-refractivity contribution in [3.8, 4) is 5.75 Å². The smallest absolute Gasteiger partial charge is 0.326 e. The van der Waals surface area contributed by atoms with Gasteiger partial charge in [-0.05, 0) is 86.5 Å². The predicted molar refractivity (Wildman–Crippen MR) is 351 cm³/mol. The third-order valence-electron chi connectivity index (χ3n) is 16.0. The number of nitrogens with two attached hydrogens (primary N) is 4. The van der Waals surface area contributed by atoms with Crippen LogP contribution in [0.2, 0.25) is 0 Å². The van der Waals surface area contributed by atoms with Crippen molar-refractivity contribution in [2.24, 2.45) is 39.8 Å². The van der Waals surface area contributed by atoms with Gasteiger partial charge in [-0.3, -0.25) is 67.3 Å². The zero-order valence-electron chi connectivity index (χ0n) is 55.6. The van der Waals surface area contributed by atoms with E-state index in [1.54, 1.807) is 58.0 Å². The number of benzene rings is 2. The Kier molecular flexibility index (Phi) is 32.9. The molecule has 2 aliphatic heterocycles. The number of rotatable bonds is 40. The van der Waals surface area contributed by atoms with E-state index in [4.69, 9.17) is 28.0 Å². The van der Waals surface area contributed by atoms with Gasteiger partial charge in [-0.2, -0.15) is 0 Å². The number of aliphatic hydroxyl groups is 3. The molecule has 36 heteroatoms. The lowest BCUT2D eigenvalue weighted by Gasteiger charge is -2.31. The van der Waals surface area contributed by atoms with E-state index in [2.05, 4.69) is 47.5 Å². The Morgan fingerprint density at radius 3 is 1.34 bits per heavy atom. The number of aliphatic carboxylic acids is 2. The molecule has 23 N–H and O–H groups in total. The van der Waals surface area contributed by atoms with Crippen molar-refractivity contribution in [3.05, 3.63) is 65.7 Å². The first-order valence-corrected chi connectivity index (χ1v) is 32.3. The number of aliphatic hydroxyl groups excluding tert-OH is 3. The van der Waals surface area contributed by atoms with Crippen LogP contribution in [-0.4, -0.2) is 241 Å². The van der Waals surface area contributed by atoms with Crippen molar-refractivity contribution in [1.29, 1.82) is 0 Å². The fraction of sp³-hybridized carbons (Fsp3) is 0.571. The van der Waals surface area contributed by atoms with Gasteiger partial charge in [0.25, 0.3) is 0 Å². The number of likely N-dealkylation sites (tertiary alicyclic amines) is 2. The number of guanidine groups is 1. The van der Waals surface area contributed by atoms with Gasteiger partial charge in [0, 0.05) is 32.5 Å². The van der Waals surface area contributed by atoms with Gasteiger partial charge >= 0.3 is 11.9 Å². The molecule has 2 aromatic carbocycles. The lowest BCUT2D eigenvalue weighted by atomic mass is 9.99. The van der Waals surface area contributed by atoms with Crippen LogP contribution in [-0.2, 0) is 80.0 Å². The minimum Gasteiger partial charge on any atom is -0.508 e. The Balaban J connectivity index is 1.62. The first-order valence-electron chi connectivity index (χ1n) is 32.3. The molecule has 99 heavy (non-hydrogen) atoms. The molecule has 0 unspecified atom stereocenters. The minimum absolute atomic E-state index is 0.0269. The normalized spacial score (nSPS) is 17.3. The van der Waals surface area contributed by atoms with Crippen LogP contribution in [0.15, 0.2) is 59.6 Å². The number of amides is 12. The first kappa shape index (κ1) is 81.4. The van der Waals surface area contributed by atoms with Crippen molar-refractivity contribution in [2.75, 3.05) is 39.5 Å². The molecule has 2 aliphatic rings. The lowest BCUT2D eigenvalue weighted by Crippen LogP contribution is -2.61. The van der Waals surface area contributed by atoms with Crippen LogP contribution in [0.4, 0.5) is 0 Å². The van der Waals surface area contributed by atoms with Gasteiger partial charge < -0.3 is 111 Å². The summed E-state index contributed by atoms with van der Waals surface area (Å²) in [5.41, 5.74) is 23.1. The number of carboxylic acids is 2. The Hall–Kier alpha value is -10.1. The zero-order valence-corrected chi connectivity index (χ0v) is 55.6. The molecule has 0 radical (unpaired) electrons. The lowest BCUT2D eigenvalue weighted by molar-refractivity contribution is -0.147. The van der Waals surface area contributed by atoms with Crippen molar-refractivity contribution >= 4 is 88.8 Å². The summed E-state index contributed by atoms with van der Waals surface area (Å²) in [4.78, 5) is 195. The highest BCUT2D eigenvalue weighted by atomic mass is 16.4. The number of carbonyl (C=O) groups is 14. The minimum atomic E-state index is -1.92. The van der Waals surface area contributed by atoms with Gasteiger partial charge in [-0.25, -0.2) is 4.79 Å². The maximum absolute atomic E-state index is 14.9. The summed E-state index contributed by atoms with van der Waals surface area (Å²) in [6.07, 6.45) is -1.60. The molecule has 2 fully saturated rings. The molecule has 0 aliphatic carbocycles. The summed E-state index contributed by atoms with van der Waals surface area (Å²) >= 11 is 0. The third kappa shape index (κ3) is 26.4. The molecule has 0 spiro atoms. The topological polar surface area (TPSA) is 592 Å². The Labute approximate surface area is 570 Å². The Morgan fingerprint density at radius 1 is 0.495 bits per heavy atom. The summed E-state index contributed by atoms with van der Waals surface area (Å²) in [5.74, 6) is -15.9. The first-order chi connectivity index (χ1) is 46.8. The number of nitrogens with one attached hydrogen (secondary N) is 9. The highest BCUT2D eigenvalue weighted by Gasteiger charge is 2.42. The molecule has 36 nitrogen and oxygen atoms in total. The Morgan fingerprint density at radius 2 is 0.889 bits per heavy atom. The van der Waals surface area contributed by atoms with Gasteiger partial charge in [0.1, 0.15) is 72.2 Å². The molecule has 0 aromatic heterocycles. The molecule has 2 saturated heterocycles. The quantitative estimate of drug-likeness (QED) is 0.0168. The van der Waals surface area contributed by atoms with Crippen LogP contribution in [0, 0.1) is 11.8 Å². The second kappa shape index (κ2) is 40.0. The second-order valence-corrected chi connectivity index (χ2v) is 25.0. The summed E-state index contributed by atoms with van der Waals surface area (Å²) in [5, 5.41) is 81.4. The van der Waals surface area contributed by atoms with E-state index < -0.39 is 188 Å². The van der Waals surface area contributed by atoms with Gasteiger partial charge in [0.2, 0.25) is 70.9 Å². The number of aliphatic imine (C=N–C) groups is 1. The fourth-order valence-electron chi connectivity index (χ4n) is 11.0. The highest BCUT2D eigenvalue weighted by Crippen LogP contribution is 2.23. The second-order valence-electron chi connectivity index (χ2n) is 25.0. The summed E-state index contributed by atoms with van der Waals surface area (Å²) in [7, 11) is 0. The number of nitrogens with zero attached hydrogens (tertiary/aromatic N) is 3. The number of primary amides is 1. The van der Waals surface area contributed by atoms with Crippen molar-refractivity contribution in [1.82, 2.24) is 57.7 Å². The number of phenols is 1. The van der Waals surface area contributed by atoms with Crippen molar-refractivity contribution in [2.45, 2.75) is 177 Å². The van der Waals surface area contributed by atoms with E-state index in [1.165, 1.54) is 24.3 Å². The van der Waals surface area contributed by atoms with Gasteiger partial charge in [-0.1, -0.05) is 70.2 Å². The number of hydrogen-bond donors (Lipinski definition) is 19. The predicted octanol–water partition coefficient (Wildman–Crippen LogP) is -6.59. The Bertz CT molecular complexity index is 3190. The number of carbonyl (C=O) groups excluding carboxylic acids is 12. The fourth-order valence-corrected chi connectivity index (χ4v) is 11.0. The number of phenolic OH excluding ortho intramolecular Hbond substituents is 1. The molecule has 2 aromatic rings. The van der Waals surface area contributed by atoms with Crippen LogP contribution in [0.25, 0.3) is 0 Å². The monoisotopic (exact) mass is 1390 g/mol. The van der Waals surface area contributed by atoms with Gasteiger partial charge in [-0.15, -0.1) is 0 Å². The van der Waals surface area contributed by atoms with Gasteiger partial charge in [0.15, 0.2) is 5.96 Å². The van der Waals surface area contributed by atoms with Crippen LogP contribution in [0.5, 0.6) is 5.75 Å². The average molecular weight is 1400 g/mol.